The maximum Gasteiger partial charge on any atom is 0.272 e. The van der Waals surface area contributed by atoms with Crippen LogP contribution in [0, 0.1) is 12.7 Å². The Balaban J connectivity index is 1.72. The third-order valence-corrected chi connectivity index (χ3v) is 3.74. The average molecular weight is 370 g/mol. The topological polar surface area (TPSA) is 90.1 Å². The molecule has 2 aromatic heterocycles. The second-order valence-corrected chi connectivity index (χ2v) is 6.25. The number of hydrogen-bond acceptors (Lipinski definition) is 6. The number of ether oxygens (including phenoxy) is 1. The van der Waals surface area contributed by atoms with E-state index in [2.05, 4.69) is 20.7 Å². The molecule has 0 unspecified atom stereocenters. The number of halogens is 1. The molecule has 0 aliphatic heterocycles. The fourth-order valence-corrected chi connectivity index (χ4v) is 2.42. The molecule has 0 aliphatic rings. The summed E-state index contributed by atoms with van der Waals surface area (Å²) in [5.74, 6) is 0.158. The van der Waals surface area contributed by atoms with E-state index in [4.69, 9.17) is 9.26 Å². The summed E-state index contributed by atoms with van der Waals surface area (Å²) in [7, 11) is 0. The number of amides is 1. The standard InChI is InChI=1S/C19H19FN4O3/c1-11(2)21-19(25)16-7-8-17(23-22-16)26-10-15-12(3)27-24-18(15)13-5-4-6-14(20)9-13/h4-9,11H,10H2,1-3H3,(H,21,25). The molecule has 0 saturated heterocycles. The van der Waals surface area contributed by atoms with E-state index >= 15 is 0 Å². The fraction of sp³-hybridized carbons (Fsp3) is 0.263. The van der Waals surface area contributed by atoms with E-state index in [0.29, 0.717) is 22.6 Å². The number of carbonyl (C=O) groups is 1. The van der Waals surface area contributed by atoms with Gasteiger partial charge in [0.25, 0.3) is 5.91 Å². The largest absolute Gasteiger partial charge is 0.472 e. The van der Waals surface area contributed by atoms with Gasteiger partial charge in [-0.3, -0.25) is 4.79 Å². The first-order chi connectivity index (χ1) is 12.9. The van der Waals surface area contributed by atoms with Gasteiger partial charge in [0.05, 0.1) is 5.56 Å². The zero-order chi connectivity index (χ0) is 19.4. The van der Waals surface area contributed by atoms with Crippen LogP contribution < -0.4 is 10.1 Å². The minimum atomic E-state index is -0.360. The number of hydrogen-bond donors (Lipinski definition) is 1. The second kappa shape index (κ2) is 7.94. The summed E-state index contributed by atoms with van der Waals surface area (Å²) in [5.41, 5.74) is 1.99. The molecule has 0 saturated carbocycles. The molecular weight excluding hydrogens is 351 g/mol. The highest BCUT2D eigenvalue weighted by molar-refractivity contribution is 5.92. The third-order valence-electron chi connectivity index (χ3n) is 3.74. The Hall–Kier alpha value is -3.29. The Morgan fingerprint density at radius 1 is 1.26 bits per heavy atom. The summed E-state index contributed by atoms with van der Waals surface area (Å²) in [5, 5.41) is 14.5. The summed E-state index contributed by atoms with van der Waals surface area (Å²) in [6.45, 7) is 5.59. The molecule has 3 aromatic rings. The Morgan fingerprint density at radius 3 is 2.74 bits per heavy atom. The van der Waals surface area contributed by atoms with E-state index in [9.17, 15) is 9.18 Å². The Kier molecular flexibility index (Phi) is 5.44. The molecule has 1 amide bonds. The van der Waals surface area contributed by atoms with Crippen LogP contribution in [0.25, 0.3) is 11.3 Å². The lowest BCUT2D eigenvalue weighted by Crippen LogP contribution is -2.30. The number of benzene rings is 1. The Bertz CT molecular complexity index is 938. The molecule has 0 aliphatic carbocycles. The summed E-state index contributed by atoms with van der Waals surface area (Å²) >= 11 is 0. The zero-order valence-electron chi connectivity index (χ0n) is 15.2. The Labute approximate surface area is 155 Å². The van der Waals surface area contributed by atoms with Crippen molar-refractivity contribution in [3.63, 3.8) is 0 Å². The first-order valence-corrected chi connectivity index (χ1v) is 8.42. The molecule has 27 heavy (non-hydrogen) atoms. The van der Waals surface area contributed by atoms with Crippen LogP contribution in [-0.4, -0.2) is 27.3 Å². The molecule has 140 valence electrons. The second-order valence-electron chi connectivity index (χ2n) is 6.25. The number of aromatic nitrogens is 3. The van der Waals surface area contributed by atoms with Crippen molar-refractivity contribution in [1.82, 2.24) is 20.7 Å². The highest BCUT2D eigenvalue weighted by Crippen LogP contribution is 2.26. The van der Waals surface area contributed by atoms with Gasteiger partial charge in [-0.2, -0.15) is 0 Å². The van der Waals surface area contributed by atoms with Crippen LogP contribution >= 0.6 is 0 Å². The number of aryl methyl sites for hydroxylation is 1. The number of nitrogens with zero attached hydrogens (tertiary/aromatic N) is 3. The van der Waals surface area contributed by atoms with Gasteiger partial charge in [0.15, 0.2) is 5.69 Å². The van der Waals surface area contributed by atoms with Crippen LogP contribution in [0.2, 0.25) is 0 Å². The van der Waals surface area contributed by atoms with E-state index < -0.39 is 0 Å². The zero-order valence-corrected chi connectivity index (χ0v) is 15.2. The van der Waals surface area contributed by atoms with E-state index in [1.807, 2.05) is 13.8 Å². The quantitative estimate of drug-likeness (QED) is 0.716. The van der Waals surface area contributed by atoms with Gasteiger partial charge in [0.2, 0.25) is 5.88 Å². The molecule has 0 fully saturated rings. The molecular formula is C19H19FN4O3. The maximum atomic E-state index is 13.5. The molecule has 2 heterocycles. The van der Waals surface area contributed by atoms with Crippen molar-refractivity contribution in [3.8, 4) is 17.1 Å². The van der Waals surface area contributed by atoms with E-state index in [1.165, 1.54) is 18.2 Å². The molecule has 0 bridgehead atoms. The minimum Gasteiger partial charge on any atom is -0.472 e. The lowest BCUT2D eigenvalue weighted by molar-refractivity contribution is 0.0936. The van der Waals surface area contributed by atoms with Gasteiger partial charge < -0.3 is 14.6 Å². The lowest BCUT2D eigenvalue weighted by Gasteiger charge is -2.08. The van der Waals surface area contributed by atoms with Crippen molar-refractivity contribution in [2.75, 3.05) is 0 Å². The highest BCUT2D eigenvalue weighted by atomic mass is 19.1. The number of carbonyl (C=O) groups excluding carboxylic acids is 1. The van der Waals surface area contributed by atoms with Crippen molar-refractivity contribution >= 4 is 5.91 Å². The van der Waals surface area contributed by atoms with Gasteiger partial charge in [-0.05, 0) is 39.0 Å². The van der Waals surface area contributed by atoms with Crippen molar-refractivity contribution < 1.29 is 18.4 Å². The molecule has 1 N–H and O–H groups in total. The van der Waals surface area contributed by atoms with Gasteiger partial charge >= 0.3 is 0 Å². The van der Waals surface area contributed by atoms with E-state index in [0.717, 1.165) is 0 Å². The van der Waals surface area contributed by atoms with Crippen LogP contribution in [0.5, 0.6) is 5.88 Å². The molecule has 1 aromatic carbocycles. The third kappa shape index (κ3) is 4.46. The maximum absolute atomic E-state index is 13.5. The van der Waals surface area contributed by atoms with Gasteiger partial charge in [-0.1, -0.05) is 17.3 Å². The fourth-order valence-electron chi connectivity index (χ4n) is 2.42. The van der Waals surface area contributed by atoms with E-state index in [-0.39, 0.29) is 35.9 Å². The lowest BCUT2D eigenvalue weighted by atomic mass is 10.1. The van der Waals surface area contributed by atoms with Gasteiger partial charge in [0.1, 0.15) is 23.9 Å². The minimum absolute atomic E-state index is 0.00744. The first-order valence-electron chi connectivity index (χ1n) is 8.42. The molecule has 7 nitrogen and oxygen atoms in total. The predicted octanol–water partition coefficient (Wildman–Crippen LogP) is 3.30. The summed E-state index contributed by atoms with van der Waals surface area (Å²) in [6, 6.07) is 9.19. The molecule has 0 spiro atoms. The Morgan fingerprint density at radius 2 is 2.07 bits per heavy atom. The summed E-state index contributed by atoms with van der Waals surface area (Å²) < 4.78 is 24.3. The van der Waals surface area contributed by atoms with Crippen LogP contribution in [0.1, 0.15) is 35.7 Å². The van der Waals surface area contributed by atoms with Crippen molar-refractivity contribution in [3.05, 3.63) is 59.2 Å². The number of nitrogens with one attached hydrogen (secondary N) is 1. The monoisotopic (exact) mass is 370 g/mol. The van der Waals surface area contributed by atoms with E-state index in [1.54, 1.807) is 25.1 Å². The molecule has 0 radical (unpaired) electrons. The summed E-state index contributed by atoms with van der Waals surface area (Å²) in [6.07, 6.45) is 0. The van der Waals surface area contributed by atoms with Crippen molar-refractivity contribution in [2.24, 2.45) is 0 Å². The predicted molar refractivity (Wildman–Crippen MR) is 95.6 cm³/mol. The van der Waals surface area contributed by atoms with Gasteiger partial charge in [0, 0.05) is 17.7 Å². The van der Waals surface area contributed by atoms with Crippen LogP contribution in [0.3, 0.4) is 0 Å². The first kappa shape index (κ1) is 18.5. The smallest absolute Gasteiger partial charge is 0.272 e. The normalized spacial score (nSPS) is 10.9. The molecule has 0 atom stereocenters. The average Bonchev–Trinajstić information content (AvgIpc) is 3.00. The number of rotatable bonds is 6. The van der Waals surface area contributed by atoms with Gasteiger partial charge in [-0.25, -0.2) is 4.39 Å². The highest BCUT2D eigenvalue weighted by Gasteiger charge is 2.16. The van der Waals surface area contributed by atoms with Crippen molar-refractivity contribution in [2.45, 2.75) is 33.4 Å². The van der Waals surface area contributed by atoms with Crippen molar-refractivity contribution in [1.29, 1.82) is 0 Å². The summed E-state index contributed by atoms with van der Waals surface area (Å²) in [4.78, 5) is 11.9. The van der Waals surface area contributed by atoms with Gasteiger partial charge in [-0.15, -0.1) is 10.2 Å². The van der Waals surface area contributed by atoms with Crippen LogP contribution in [0.4, 0.5) is 4.39 Å². The molecule has 8 heteroatoms. The van der Waals surface area contributed by atoms with Crippen LogP contribution in [0.15, 0.2) is 40.9 Å². The molecule has 3 rings (SSSR count). The SMILES string of the molecule is Cc1onc(-c2cccc(F)c2)c1COc1ccc(C(=O)NC(C)C)nn1. The van der Waals surface area contributed by atoms with Crippen LogP contribution in [-0.2, 0) is 6.61 Å².